The first-order valence-corrected chi connectivity index (χ1v) is 5.43. The second-order valence-corrected chi connectivity index (χ2v) is 4.06. The standard InChI is InChI=1S/C10H15N3O3/c1-7-11-9(16-12-7)6-13-5-3-2-4-8(13)10(14)15/h8H,2-6H2,1H3,(H,14,15). The highest BCUT2D eigenvalue weighted by atomic mass is 16.5. The van der Waals surface area contributed by atoms with Crippen molar-refractivity contribution in [3.63, 3.8) is 0 Å². The van der Waals surface area contributed by atoms with Crippen LogP contribution in [-0.2, 0) is 11.3 Å². The molecule has 1 aliphatic rings. The highest BCUT2D eigenvalue weighted by Gasteiger charge is 2.29. The number of rotatable bonds is 3. The van der Waals surface area contributed by atoms with Crippen molar-refractivity contribution in [2.45, 2.75) is 38.8 Å². The Morgan fingerprint density at radius 1 is 1.62 bits per heavy atom. The van der Waals surface area contributed by atoms with Gasteiger partial charge in [0.15, 0.2) is 5.82 Å². The van der Waals surface area contributed by atoms with Gasteiger partial charge < -0.3 is 9.63 Å². The van der Waals surface area contributed by atoms with E-state index in [2.05, 4.69) is 10.1 Å². The Morgan fingerprint density at radius 2 is 2.44 bits per heavy atom. The van der Waals surface area contributed by atoms with E-state index in [0.717, 1.165) is 19.4 Å². The summed E-state index contributed by atoms with van der Waals surface area (Å²) in [7, 11) is 0. The number of nitrogens with zero attached hydrogens (tertiary/aromatic N) is 3. The van der Waals surface area contributed by atoms with Gasteiger partial charge in [0.25, 0.3) is 0 Å². The second-order valence-electron chi connectivity index (χ2n) is 4.06. The minimum absolute atomic E-state index is 0.416. The fourth-order valence-electron chi connectivity index (χ4n) is 2.04. The molecular weight excluding hydrogens is 210 g/mol. The lowest BCUT2D eigenvalue weighted by Gasteiger charge is -2.31. The summed E-state index contributed by atoms with van der Waals surface area (Å²) in [5.41, 5.74) is 0. The predicted molar refractivity (Wildman–Crippen MR) is 54.7 cm³/mol. The van der Waals surface area contributed by atoms with Gasteiger partial charge in [0.1, 0.15) is 6.04 Å². The molecule has 0 aliphatic carbocycles. The maximum Gasteiger partial charge on any atom is 0.320 e. The second kappa shape index (κ2) is 4.61. The van der Waals surface area contributed by atoms with E-state index in [9.17, 15) is 4.79 Å². The number of carboxylic acids is 1. The van der Waals surface area contributed by atoms with Gasteiger partial charge in [-0.2, -0.15) is 4.98 Å². The lowest BCUT2D eigenvalue weighted by atomic mass is 10.0. The number of piperidine rings is 1. The molecule has 0 aromatic carbocycles. The van der Waals surface area contributed by atoms with Crippen LogP contribution in [0.4, 0.5) is 0 Å². The Labute approximate surface area is 93.2 Å². The van der Waals surface area contributed by atoms with E-state index in [4.69, 9.17) is 9.63 Å². The third-order valence-electron chi connectivity index (χ3n) is 2.81. The first-order valence-electron chi connectivity index (χ1n) is 5.43. The lowest BCUT2D eigenvalue weighted by Crippen LogP contribution is -2.44. The summed E-state index contributed by atoms with van der Waals surface area (Å²) in [6.07, 6.45) is 2.69. The summed E-state index contributed by atoms with van der Waals surface area (Å²) < 4.78 is 5.00. The van der Waals surface area contributed by atoms with Crippen LogP contribution in [0, 0.1) is 6.92 Å². The molecule has 16 heavy (non-hydrogen) atoms. The molecule has 6 nitrogen and oxygen atoms in total. The normalized spacial score (nSPS) is 22.2. The van der Waals surface area contributed by atoms with Gasteiger partial charge in [-0.3, -0.25) is 9.69 Å². The smallest absolute Gasteiger partial charge is 0.320 e. The number of hydrogen-bond acceptors (Lipinski definition) is 5. The third-order valence-corrected chi connectivity index (χ3v) is 2.81. The molecule has 2 rings (SSSR count). The molecule has 0 saturated carbocycles. The van der Waals surface area contributed by atoms with E-state index in [-0.39, 0.29) is 0 Å². The van der Waals surface area contributed by atoms with Crippen molar-refractivity contribution in [1.29, 1.82) is 0 Å². The molecule has 0 radical (unpaired) electrons. The van der Waals surface area contributed by atoms with Crippen LogP contribution in [0.15, 0.2) is 4.52 Å². The molecule has 1 aliphatic heterocycles. The maximum atomic E-state index is 11.1. The van der Waals surface area contributed by atoms with Gasteiger partial charge in [0, 0.05) is 0 Å². The number of carbonyl (C=O) groups is 1. The molecule has 6 heteroatoms. The van der Waals surface area contributed by atoms with Gasteiger partial charge in [0.2, 0.25) is 5.89 Å². The molecule has 0 spiro atoms. The predicted octanol–water partition coefficient (Wildman–Crippen LogP) is 0.817. The molecular formula is C10H15N3O3. The number of hydrogen-bond donors (Lipinski definition) is 1. The van der Waals surface area contributed by atoms with Crippen molar-refractivity contribution in [3.05, 3.63) is 11.7 Å². The molecule has 1 N–H and O–H groups in total. The van der Waals surface area contributed by atoms with Crippen LogP contribution in [0.2, 0.25) is 0 Å². The van der Waals surface area contributed by atoms with Gasteiger partial charge >= 0.3 is 5.97 Å². The van der Waals surface area contributed by atoms with Crippen LogP contribution in [0.5, 0.6) is 0 Å². The zero-order chi connectivity index (χ0) is 11.5. The number of aryl methyl sites for hydroxylation is 1. The van der Waals surface area contributed by atoms with Crippen LogP contribution < -0.4 is 0 Å². The summed E-state index contributed by atoms with van der Waals surface area (Å²) in [4.78, 5) is 17.0. The molecule has 2 heterocycles. The summed E-state index contributed by atoms with van der Waals surface area (Å²) >= 11 is 0. The topological polar surface area (TPSA) is 79.5 Å². The number of carboxylic acid groups (broad SMARTS) is 1. The van der Waals surface area contributed by atoms with E-state index in [0.29, 0.717) is 24.7 Å². The van der Waals surface area contributed by atoms with E-state index < -0.39 is 12.0 Å². The summed E-state index contributed by atoms with van der Waals surface area (Å²) in [6, 6.07) is -0.416. The molecule has 1 aromatic rings. The van der Waals surface area contributed by atoms with Crippen molar-refractivity contribution in [1.82, 2.24) is 15.0 Å². The molecule has 1 unspecified atom stereocenters. The summed E-state index contributed by atoms with van der Waals surface area (Å²) in [5, 5.41) is 12.8. The molecule has 1 fully saturated rings. The van der Waals surface area contributed by atoms with Crippen molar-refractivity contribution in [2.75, 3.05) is 6.54 Å². The van der Waals surface area contributed by atoms with Gasteiger partial charge in [-0.15, -0.1) is 0 Å². The van der Waals surface area contributed by atoms with Gasteiger partial charge in [-0.1, -0.05) is 11.6 Å². The fraction of sp³-hybridized carbons (Fsp3) is 0.700. The minimum Gasteiger partial charge on any atom is -0.480 e. The zero-order valence-electron chi connectivity index (χ0n) is 9.22. The van der Waals surface area contributed by atoms with E-state index in [1.54, 1.807) is 6.92 Å². The van der Waals surface area contributed by atoms with Gasteiger partial charge in [0.05, 0.1) is 6.54 Å². The highest BCUT2D eigenvalue weighted by molar-refractivity contribution is 5.73. The fourth-order valence-corrected chi connectivity index (χ4v) is 2.04. The van der Waals surface area contributed by atoms with Crippen LogP contribution in [0.3, 0.4) is 0 Å². The number of likely N-dealkylation sites (tertiary alicyclic amines) is 1. The molecule has 1 aromatic heterocycles. The average molecular weight is 225 g/mol. The monoisotopic (exact) mass is 225 g/mol. The van der Waals surface area contributed by atoms with E-state index >= 15 is 0 Å². The molecule has 0 bridgehead atoms. The van der Waals surface area contributed by atoms with Gasteiger partial charge in [-0.25, -0.2) is 0 Å². The first kappa shape index (κ1) is 11.1. The maximum absolute atomic E-state index is 11.1. The van der Waals surface area contributed by atoms with Crippen molar-refractivity contribution >= 4 is 5.97 Å². The Hall–Kier alpha value is -1.43. The SMILES string of the molecule is Cc1noc(CN2CCCCC2C(=O)O)n1. The summed E-state index contributed by atoms with van der Waals surface area (Å²) in [5.74, 6) is 0.306. The van der Waals surface area contributed by atoms with Crippen LogP contribution in [-0.4, -0.2) is 38.7 Å². The Morgan fingerprint density at radius 3 is 3.06 bits per heavy atom. The zero-order valence-corrected chi connectivity index (χ0v) is 9.22. The number of aliphatic carboxylic acids is 1. The first-order chi connectivity index (χ1) is 7.66. The van der Waals surface area contributed by atoms with Crippen LogP contribution in [0.1, 0.15) is 31.0 Å². The van der Waals surface area contributed by atoms with Crippen molar-refractivity contribution in [3.8, 4) is 0 Å². The molecule has 1 atom stereocenters. The van der Waals surface area contributed by atoms with Crippen LogP contribution >= 0.6 is 0 Å². The minimum atomic E-state index is -0.768. The Bertz CT molecular complexity index is 377. The largest absolute Gasteiger partial charge is 0.480 e. The number of aromatic nitrogens is 2. The quantitative estimate of drug-likeness (QED) is 0.820. The Balaban J connectivity index is 2.03. The Kier molecular flexibility index (Phi) is 3.19. The van der Waals surface area contributed by atoms with Crippen LogP contribution in [0.25, 0.3) is 0 Å². The van der Waals surface area contributed by atoms with Gasteiger partial charge in [-0.05, 0) is 26.3 Å². The van der Waals surface area contributed by atoms with Crippen molar-refractivity contribution < 1.29 is 14.4 Å². The van der Waals surface area contributed by atoms with E-state index in [1.807, 2.05) is 4.90 Å². The van der Waals surface area contributed by atoms with Crippen molar-refractivity contribution in [2.24, 2.45) is 0 Å². The molecule has 0 amide bonds. The summed E-state index contributed by atoms with van der Waals surface area (Å²) in [6.45, 7) is 2.95. The highest BCUT2D eigenvalue weighted by Crippen LogP contribution is 2.19. The molecule has 1 saturated heterocycles. The average Bonchev–Trinajstić information content (AvgIpc) is 2.64. The van der Waals surface area contributed by atoms with E-state index in [1.165, 1.54) is 0 Å². The molecule has 88 valence electrons. The third kappa shape index (κ3) is 2.38. The lowest BCUT2D eigenvalue weighted by molar-refractivity contribution is -0.145.